The minimum Gasteiger partial charge on any atom is -0.545 e. The topological polar surface area (TPSA) is 112 Å². The number of aryl methyl sites for hydroxylation is 2. The molecule has 4 aromatic rings. The molecule has 0 aliphatic rings. The van der Waals surface area contributed by atoms with E-state index >= 15 is 0 Å². The Hall–Kier alpha value is -1.98. The first-order valence-electron chi connectivity index (χ1n) is 10.4. The third-order valence-electron chi connectivity index (χ3n) is 5.22. The normalized spacial score (nSPS) is 10.7. The van der Waals surface area contributed by atoms with Crippen LogP contribution in [0.3, 0.4) is 0 Å². The van der Waals surface area contributed by atoms with Crippen molar-refractivity contribution in [1.82, 2.24) is 9.97 Å². The summed E-state index contributed by atoms with van der Waals surface area (Å²) < 4.78 is 5.70. The number of carbonyl (C=O) groups is 2. The van der Waals surface area contributed by atoms with Crippen LogP contribution in [-0.2, 0) is 24.4 Å². The molecule has 0 saturated heterocycles. The fourth-order valence-corrected chi connectivity index (χ4v) is 4.43. The molecule has 0 aliphatic heterocycles. The van der Waals surface area contributed by atoms with Crippen LogP contribution in [0, 0.1) is 6.92 Å². The van der Waals surface area contributed by atoms with E-state index in [2.05, 4.69) is 9.97 Å². The van der Waals surface area contributed by atoms with Gasteiger partial charge in [0.05, 0.1) is 24.6 Å². The average Bonchev–Trinajstić information content (AvgIpc) is 3.21. The number of hydrogen-bond donors (Lipinski definition) is 1. The summed E-state index contributed by atoms with van der Waals surface area (Å²) in [6.07, 6.45) is 0.839. The van der Waals surface area contributed by atoms with Gasteiger partial charge in [0.2, 0.25) is 0 Å². The predicted octanol–water partition coefficient (Wildman–Crippen LogP) is 0.193. The van der Waals surface area contributed by atoms with Gasteiger partial charge in [0.15, 0.2) is 11.6 Å². The van der Waals surface area contributed by atoms with Gasteiger partial charge in [-0.05, 0) is 35.4 Å². The second kappa shape index (κ2) is 12.1. The molecule has 0 saturated carbocycles. The number of nitrogens with zero attached hydrogens (tertiary/aromatic N) is 1. The summed E-state index contributed by atoms with van der Waals surface area (Å²) in [6.45, 7) is 2.45. The Balaban J connectivity index is 0.00000324. The van der Waals surface area contributed by atoms with Crippen molar-refractivity contribution in [2.75, 3.05) is 0 Å². The van der Waals surface area contributed by atoms with E-state index in [-0.39, 0.29) is 93.7 Å². The number of benzene rings is 2. The van der Waals surface area contributed by atoms with Crippen molar-refractivity contribution in [3.63, 3.8) is 0 Å². The number of ether oxygens (including phenoxy) is 1. The molecule has 34 heavy (non-hydrogen) atoms. The first-order chi connectivity index (χ1) is 15.9. The SMILES string of the molecule is Cc1cccc(CCC(=O)c2nc3scc(COCc4ccc(C(=O)[O-])cc4)c3c(=O)[nH]2)c1.[K+]. The van der Waals surface area contributed by atoms with Crippen molar-refractivity contribution < 1.29 is 70.8 Å². The maximum absolute atomic E-state index is 12.7. The van der Waals surface area contributed by atoms with E-state index in [9.17, 15) is 19.5 Å². The summed E-state index contributed by atoms with van der Waals surface area (Å²) in [4.78, 5) is 43.6. The molecule has 0 spiro atoms. The molecule has 7 nitrogen and oxygen atoms in total. The van der Waals surface area contributed by atoms with Crippen LogP contribution < -0.4 is 62.1 Å². The van der Waals surface area contributed by atoms with Crippen LogP contribution in [0.1, 0.15) is 49.7 Å². The zero-order valence-electron chi connectivity index (χ0n) is 18.9. The Morgan fingerprint density at radius 1 is 1.09 bits per heavy atom. The molecule has 2 heterocycles. The van der Waals surface area contributed by atoms with Crippen LogP contribution in [0.15, 0.2) is 58.7 Å². The zero-order chi connectivity index (χ0) is 23.4. The maximum Gasteiger partial charge on any atom is 1.00 e. The number of carboxylic acids is 1. The Morgan fingerprint density at radius 2 is 1.85 bits per heavy atom. The number of ketones is 1. The van der Waals surface area contributed by atoms with Crippen LogP contribution in [0.4, 0.5) is 0 Å². The summed E-state index contributed by atoms with van der Waals surface area (Å²) >= 11 is 1.29. The molecule has 0 bridgehead atoms. The molecule has 9 heteroatoms. The summed E-state index contributed by atoms with van der Waals surface area (Å²) in [5, 5.41) is 13.0. The number of H-pyrrole nitrogens is 1. The minimum absolute atomic E-state index is 0. The number of Topliss-reactive ketones (excluding diaryl/α,β-unsaturated/α-hetero) is 1. The Morgan fingerprint density at radius 3 is 2.56 bits per heavy atom. The number of aromatic carboxylic acids is 1. The summed E-state index contributed by atoms with van der Waals surface area (Å²) in [5.74, 6) is -1.36. The monoisotopic (exact) mass is 500 g/mol. The molecule has 1 N–H and O–H groups in total. The van der Waals surface area contributed by atoms with Crippen molar-refractivity contribution >= 4 is 33.3 Å². The first kappa shape index (κ1) is 26.6. The molecular weight excluding hydrogens is 479 g/mol. The Kier molecular flexibility index (Phi) is 9.49. The van der Waals surface area contributed by atoms with Gasteiger partial charge in [-0.2, -0.15) is 0 Å². The average molecular weight is 501 g/mol. The molecule has 0 amide bonds. The van der Waals surface area contributed by atoms with Crippen molar-refractivity contribution in [1.29, 1.82) is 0 Å². The molecule has 0 fully saturated rings. The molecule has 0 unspecified atom stereocenters. The fraction of sp³-hybridized carbons (Fsp3) is 0.200. The number of carbonyl (C=O) groups excluding carboxylic acids is 2. The maximum atomic E-state index is 12.7. The standard InChI is InChI=1S/C25H22N2O5S.K/c1-15-3-2-4-16(11-15)7-10-20(28)22-26-23(29)21-19(14-33-24(21)27-22)13-32-12-17-5-8-18(9-6-17)25(30)31;/h2-6,8-9,11,14H,7,10,12-13H2,1H3,(H,30,31)(H,26,27,29);/q;+1/p-1. The second-order valence-corrected chi connectivity index (χ2v) is 8.60. The van der Waals surface area contributed by atoms with Crippen molar-refractivity contribution in [3.05, 3.63) is 97.9 Å². The summed E-state index contributed by atoms with van der Waals surface area (Å²) in [5.41, 5.74) is 3.43. The van der Waals surface area contributed by atoms with Gasteiger partial charge in [0.1, 0.15) is 4.83 Å². The van der Waals surface area contributed by atoms with Gasteiger partial charge in [0, 0.05) is 12.0 Å². The number of rotatable bonds is 9. The molecule has 0 aliphatic carbocycles. The molecule has 168 valence electrons. The molecular formula is C25H21KN2O5S. The smallest absolute Gasteiger partial charge is 0.545 e. The molecule has 4 rings (SSSR count). The van der Waals surface area contributed by atoms with E-state index in [1.807, 2.05) is 31.2 Å². The van der Waals surface area contributed by atoms with E-state index in [0.29, 0.717) is 22.2 Å². The largest absolute Gasteiger partial charge is 1.00 e. The summed E-state index contributed by atoms with van der Waals surface area (Å²) in [6, 6.07) is 14.2. The second-order valence-electron chi connectivity index (χ2n) is 7.75. The van der Waals surface area contributed by atoms with Crippen molar-refractivity contribution in [2.24, 2.45) is 0 Å². The van der Waals surface area contributed by atoms with Crippen LogP contribution in [0.5, 0.6) is 0 Å². The van der Waals surface area contributed by atoms with Gasteiger partial charge in [0.25, 0.3) is 5.56 Å². The number of aromatic amines is 1. The number of nitrogens with one attached hydrogen (secondary N) is 1. The van der Waals surface area contributed by atoms with Gasteiger partial charge in [-0.15, -0.1) is 11.3 Å². The van der Waals surface area contributed by atoms with Gasteiger partial charge in [-0.3, -0.25) is 9.59 Å². The van der Waals surface area contributed by atoms with E-state index in [4.69, 9.17) is 4.74 Å². The molecule has 2 aromatic carbocycles. The van der Waals surface area contributed by atoms with Gasteiger partial charge >= 0.3 is 51.4 Å². The Bertz CT molecular complexity index is 1380. The number of fused-ring (bicyclic) bond motifs is 1. The molecule has 2 aromatic heterocycles. The van der Waals surface area contributed by atoms with E-state index in [0.717, 1.165) is 16.7 Å². The van der Waals surface area contributed by atoms with Crippen LogP contribution in [-0.4, -0.2) is 21.7 Å². The third-order valence-corrected chi connectivity index (χ3v) is 6.14. The van der Waals surface area contributed by atoms with Crippen LogP contribution >= 0.6 is 11.3 Å². The van der Waals surface area contributed by atoms with Crippen molar-refractivity contribution in [3.8, 4) is 0 Å². The third kappa shape index (κ3) is 6.57. The molecule has 0 radical (unpaired) electrons. The van der Waals surface area contributed by atoms with Gasteiger partial charge in [-0.1, -0.05) is 54.1 Å². The van der Waals surface area contributed by atoms with Crippen LogP contribution in [0.25, 0.3) is 10.2 Å². The van der Waals surface area contributed by atoms with Gasteiger partial charge < -0.3 is 19.6 Å². The zero-order valence-corrected chi connectivity index (χ0v) is 22.9. The molecule has 0 atom stereocenters. The number of thiophene rings is 1. The van der Waals surface area contributed by atoms with Crippen molar-refractivity contribution in [2.45, 2.75) is 33.0 Å². The number of aromatic nitrogens is 2. The predicted molar refractivity (Wildman–Crippen MR) is 123 cm³/mol. The quantitative estimate of drug-likeness (QED) is 0.259. The summed E-state index contributed by atoms with van der Waals surface area (Å²) in [7, 11) is 0. The van der Waals surface area contributed by atoms with Gasteiger partial charge in [-0.25, -0.2) is 4.98 Å². The van der Waals surface area contributed by atoms with Crippen LogP contribution in [0.2, 0.25) is 0 Å². The minimum atomic E-state index is -1.23. The fourth-order valence-electron chi connectivity index (χ4n) is 3.50. The van der Waals surface area contributed by atoms with E-state index in [1.54, 1.807) is 17.5 Å². The Labute approximate surface area is 242 Å². The van der Waals surface area contributed by atoms with E-state index in [1.165, 1.54) is 23.5 Å². The van der Waals surface area contributed by atoms with E-state index < -0.39 is 5.97 Å². The first-order valence-corrected chi connectivity index (χ1v) is 11.3. The number of carboxylic acid groups (broad SMARTS) is 1. The number of hydrogen-bond acceptors (Lipinski definition) is 7.